The highest BCUT2D eigenvalue weighted by Crippen LogP contribution is 2.24. The van der Waals surface area contributed by atoms with Crippen LogP contribution in [0.2, 0.25) is 0 Å². The van der Waals surface area contributed by atoms with E-state index >= 15 is 0 Å². The Morgan fingerprint density at radius 2 is 2.04 bits per heavy atom. The van der Waals surface area contributed by atoms with Gasteiger partial charge in [0.25, 0.3) is 0 Å². The summed E-state index contributed by atoms with van der Waals surface area (Å²) in [5.74, 6) is -0.533. The van der Waals surface area contributed by atoms with E-state index in [-0.39, 0.29) is 22.2 Å². The first-order chi connectivity index (χ1) is 12.9. The highest BCUT2D eigenvalue weighted by atomic mass is 32.2. The van der Waals surface area contributed by atoms with Gasteiger partial charge in [-0.1, -0.05) is 0 Å². The number of piperidine rings is 1. The van der Waals surface area contributed by atoms with Crippen LogP contribution in [-0.4, -0.2) is 51.1 Å². The third-order valence-electron chi connectivity index (χ3n) is 4.36. The van der Waals surface area contributed by atoms with E-state index in [1.54, 1.807) is 5.38 Å². The molecule has 11 heteroatoms. The van der Waals surface area contributed by atoms with Gasteiger partial charge < -0.3 is 9.64 Å². The van der Waals surface area contributed by atoms with E-state index in [1.165, 1.54) is 13.2 Å². The van der Waals surface area contributed by atoms with Gasteiger partial charge >= 0.3 is 5.97 Å². The van der Waals surface area contributed by atoms with Gasteiger partial charge in [-0.3, -0.25) is 0 Å². The monoisotopic (exact) mass is 414 g/mol. The number of methoxy groups -OCH3 is 1. The zero-order valence-electron chi connectivity index (χ0n) is 14.6. The SMILES string of the molecule is COC(=O)c1sccc1S(=O)(=O)NCC1CCN(c2ncc(F)cn2)CC1. The lowest BCUT2D eigenvalue weighted by Crippen LogP contribution is -2.39. The number of ether oxygens (including phenoxy) is 1. The van der Waals surface area contributed by atoms with E-state index in [0.717, 1.165) is 36.6 Å². The van der Waals surface area contributed by atoms with Crippen molar-refractivity contribution in [2.24, 2.45) is 5.92 Å². The number of sulfonamides is 1. The molecule has 0 spiro atoms. The summed E-state index contributed by atoms with van der Waals surface area (Å²) in [6.07, 6.45) is 3.75. The van der Waals surface area contributed by atoms with Crippen molar-refractivity contribution < 1.29 is 22.3 Å². The Morgan fingerprint density at radius 3 is 2.67 bits per heavy atom. The number of anilines is 1. The fourth-order valence-corrected chi connectivity index (χ4v) is 5.31. The summed E-state index contributed by atoms with van der Waals surface area (Å²) in [7, 11) is -2.58. The summed E-state index contributed by atoms with van der Waals surface area (Å²) in [6, 6.07) is 1.40. The minimum atomic E-state index is -3.79. The average Bonchev–Trinajstić information content (AvgIpc) is 3.18. The van der Waals surface area contributed by atoms with Gasteiger partial charge in [0.05, 0.1) is 19.5 Å². The quantitative estimate of drug-likeness (QED) is 0.717. The molecule has 146 valence electrons. The summed E-state index contributed by atoms with van der Waals surface area (Å²) >= 11 is 1.03. The second-order valence-corrected chi connectivity index (χ2v) is 8.74. The van der Waals surface area contributed by atoms with Crippen LogP contribution in [0, 0.1) is 11.7 Å². The lowest BCUT2D eigenvalue weighted by atomic mass is 9.97. The molecule has 2 aromatic heterocycles. The Kier molecular flexibility index (Phi) is 6.02. The first-order valence-corrected chi connectivity index (χ1v) is 10.6. The third kappa shape index (κ3) is 4.60. The van der Waals surface area contributed by atoms with Crippen molar-refractivity contribution in [2.45, 2.75) is 17.7 Å². The maximum Gasteiger partial charge on any atom is 0.349 e. The molecule has 1 aliphatic rings. The maximum absolute atomic E-state index is 12.9. The number of hydrogen-bond acceptors (Lipinski definition) is 8. The zero-order chi connectivity index (χ0) is 19.4. The van der Waals surface area contributed by atoms with E-state index in [0.29, 0.717) is 19.0 Å². The number of carbonyl (C=O) groups is 1. The molecule has 0 saturated carbocycles. The minimum Gasteiger partial charge on any atom is -0.465 e. The van der Waals surface area contributed by atoms with E-state index in [4.69, 9.17) is 0 Å². The van der Waals surface area contributed by atoms with E-state index in [2.05, 4.69) is 19.4 Å². The van der Waals surface area contributed by atoms with Crippen molar-refractivity contribution >= 4 is 33.3 Å². The Morgan fingerprint density at radius 1 is 1.37 bits per heavy atom. The molecule has 0 amide bonds. The number of nitrogens with zero attached hydrogens (tertiary/aromatic N) is 3. The molecule has 0 unspecified atom stereocenters. The van der Waals surface area contributed by atoms with Crippen molar-refractivity contribution in [1.82, 2.24) is 14.7 Å². The molecular formula is C16H19FN4O4S2. The van der Waals surface area contributed by atoms with Crippen molar-refractivity contribution in [1.29, 1.82) is 0 Å². The highest BCUT2D eigenvalue weighted by Gasteiger charge is 2.27. The summed E-state index contributed by atoms with van der Waals surface area (Å²) in [4.78, 5) is 21.6. The summed E-state index contributed by atoms with van der Waals surface area (Å²) in [5.41, 5.74) is 0. The predicted molar refractivity (Wildman–Crippen MR) is 97.8 cm³/mol. The molecule has 1 aliphatic heterocycles. The summed E-state index contributed by atoms with van der Waals surface area (Å²) < 4.78 is 45.2. The summed E-state index contributed by atoms with van der Waals surface area (Å²) in [6.45, 7) is 1.59. The van der Waals surface area contributed by atoms with Gasteiger partial charge in [0.15, 0.2) is 5.82 Å². The molecule has 1 N–H and O–H groups in total. The second kappa shape index (κ2) is 8.28. The van der Waals surface area contributed by atoms with Gasteiger partial charge in [0, 0.05) is 19.6 Å². The molecule has 0 radical (unpaired) electrons. The van der Waals surface area contributed by atoms with Crippen LogP contribution in [0.25, 0.3) is 0 Å². The molecule has 8 nitrogen and oxygen atoms in total. The van der Waals surface area contributed by atoms with Crippen molar-refractivity contribution in [2.75, 3.05) is 31.6 Å². The molecule has 0 aliphatic carbocycles. The molecule has 2 aromatic rings. The zero-order valence-corrected chi connectivity index (χ0v) is 16.2. The number of aromatic nitrogens is 2. The average molecular weight is 414 g/mol. The predicted octanol–water partition coefficient (Wildman–Crippen LogP) is 1.66. The summed E-state index contributed by atoms with van der Waals surface area (Å²) in [5, 5.41) is 1.54. The van der Waals surface area contributed by atoms with Crippen molar-refractivity contribution in [3.63, 3.8) is 0 Å². The van der Waals surface area contributed by atoms with Gasteiger partial charge in [-0.05, 0) is 30.2 Å². The Bertz CT molecular complexity index is 893. The molecule has 3 heterocycles. The minimum absolute atomic E-state index is 0.0588. The molecule has 1 fully saturated rings. The molecule has 3 rings (SSSR count). The number of nitrogens with one attached hydrogen (secondary N) is 1. The fourth-order valence-electron chi connectivity index (χ4n) is 2.86. The largest absolute Gasteiger partial charge is 0.465 e. The van der Waals surface area contributed by atoms with Gasteiger partial charge in [-0.15, -0.1) is 11.3 Å². The molecule has 27 heavy (non-hydrogen) atoms. The molecule has 0 bridgehead atoms. The number of esters is 1. The van der Waals surface area contributed by atoms with Crippen LogP contribution in [0.5, 0.6) is 0 Å². The van der Waals surface area contributed by atoms with Gasteiger partial charge in [0.1, 0.15) is 9.77 Å². The molecule has 0 aromatic carbocycles. The number of thiophene rings is 1. The van der Waals surface area contributed by atoms with E-state index < -0.39 is 21.8 Å². The van der Waals surface area contributed by atoms with Gasteiger partial charge in [-0.25, -0.2) is 32.3 Å². The standard InChI is InChI=1S/C16H19FN4O4S2/c1-25-15(22)14-13(4-7-26-14)27(23,24)20-8-11-2-5-21(6-3-11)16-18-9-12(17)10-19-16/h4,7,9-11,20H,2-3,5-6,8H2,1H3. The first kappa shape index (κ1) is 19.6. The Balaban J connectivity index is 1.56. The molecule has 1 saturated heterocycles. The third-order valence-corrected chi connectivity index (χ3v) is 6.85. The second-order valence-electron chi connectivity index (χ2n) is 6.09. The normalized spacial score (nSPS) is 15.7. The maximum atomic E-state index is 12.9. The van der Waals surface area contributed by atoms with Crippen LogP contribution in [0.3, 0.4) is 0 Å². The Labute approximate surface area is 160 Å². The lowest BCUT2D eigenvalue weighted by molar-refractivity contribution is 0.0602. The van der Waals surface area contributed by atoms with Crippen LogP contribution < -0.4 is 9.62 Å². The first-order valence-electron chi connectivity index (χ1n) is 8.28. The molecular weight excluding hydrogens is 395 g/mol. The smallest absolute Gasteiger partial charge is 0.349 e. The fraction of sp³-hybridized carbons (Fsp3) is 0.438. The topological polar surface area (TPSA) is 101 Å². The van der Waals surface area contributed by atoms with Crippen LogP contribution >= 0.6 is 11.3 Å². The van der Waals surface area contributed by atoms with E-state index in [9.17, 15) is 17.6 Å². The van der Waals surface area contributed by atoms with Gasteiger partial charge in [-0.2, -0.15) is 0 Å². The van der Waals surface area contributed by atoms with Crippen LogP contribution in [0.15, 0.2) is 28.7 Å². The van der Waals surface area contributed by atoms with Crippen molar-refractivity contribution in [3.05, 3.63) is 34.5 Å². The Hall–Kier alpha value is -2.11. The van der Waals surface area contributed by atoms with Crippen LogP contribution in [0.4, 0.5) is 10.3 Å². The number of hydrogen-bond donors (Lipinski definition) is 1. The molecule has 0 atom stereocenters. The van der Waals surface area contributed by atoms with Crippen molar-refractivity contribution in [3.8, 4) is 0 Å². The van der Waals surface area contributed by atoms with Gasteiger partial charge in [0.2, 0.25) is 16.0 Å². The van der Waals surface area contributed by atoms with Crippen LogP contribution in [0.1, 0.15) is 22.5 Å². The van der Waals surface area contributed by atoms with Crippen LogP contribution in [-0.2, 0) is 14.8 Å². The lowest BCUT2D eigenvalue weighted by Gasteiger charge is -2.31. The number of halogens is 1. The number of rotatable bonds is 6. The number of carbonyl (C=O) groups excluding carboxylic acids is 1. The highest BCUT2D eigenvalue weighted by molar-refractivity contribution is 7.89. The van der Waals surface area contributed by atoms with E-state index in [1.807, 2.05) is 4.90 Å².